The molecule has 6 heteroatoms. The molecule has 18 heavy (non-hydrogen) atoms. The van der Waals surface area contributed by atoms with E-state index in [1.54, 1.807) is 0 Å². The summed E-state index contributed by atoms with van der Waals surface area (Å²) in [6, 6.07) is 0. The number of hydrogen-bond acceptors (Lipinski definition) is 3. The second kappa shape index (κ2) is 5.48. The number of hydrogen-bond donors (Lipinski definition) is 2. The maximum atomic E-state index is 13.0. The van der Waals surface area contributed by atoms with Crippen LogP contribution >= 0.6 is 0 Å². The molecule has 1 heterocycles. The third-order valence-electron chi connectivity index (χ3n) is 3.73. The molecule has 0 bridgehead atoms. The van der Waals surface area contributed by atoms with E-state index in [0.29, 0.717) is 32.5 Å². The highest BCUT2D eigenvalue weighted by atomic mass is 19.3. The Morgan fingerprint density at radius 1 is 1.44 bits per heavy atom. The average Bonchev–Trinajstić information content (AvgIpc) is 2.67. The highest BCUT2D eigenvalue weighted by Gasteiger charge is 2.39. The van der Waals surface area contributed by atoms with Crippen molar-refractivity contribution in [2.45, 2.75) is 37.7 Å². The fourth-order valence-corrected chi connectivity index (χ4v) is 2.67. The van der Waals surface area contributed by atoms with Crippen LogP contribution in [0.5, 0.6) is 0 Å². The summed E-state index contributed by atoms with van der Waals surface area (Å²) in [6.45, 7) is 1.37. The van der Waals surface area contributed by atoms with E-state index < -0.39 is 17.8 Å². The molecule has 0 radical (unpaired) electrons. The van der Waals surface area contributed by atoms with Crippen LogP contribution in [0.4, 0.5) is 8.78 Å². The van der Waals surface area contributed by atoms with Gasteiger partial charge >= 0.3 is 5.97 Å². The Bertz CT molecular complexity index is 312. The third kappa shape index (κ3) is 3.62. The maximum Gasteiger partial charge on any atom is 0.307 e. The number of piperidine rings is 1. The smallest absolute Gasteiger partial charge is 0.307 e. The molecular formula is C12H19F2NO3. The van der Waals surface area contributed by atoms with Crippen molar-refractivity contribution in [2.24, 2.45) is 11.8 Å². The van der Waals surface area contributed by atoms with E-state index >= 15 is 0 Å². The number of ether oxygens (including phenoxy) is 1. The molecule has 2 rings (SSSR count). The Morgan fingerprint density at radius 3 is 2.83 bits per heavy atom. The molecule has 1 saturated carbocycles. The first-order valence-electron chi connectivity index (χ1n) is 6.39. The molecule has 3 unspecified atom stereocenters. The first-order chi connectivity index (χ1) is 8.46. The van der Waals surface area contributed by atoms with Crippen LogP contribution in [0.2, 0.25) is 0 Å². The van der Waals surface area contributed by atoms with Gasteiger partial charge in [0, 0.05) is 25.9 Å². The van der Waals surface area contributed by atoms with Crippen LogP contribution in [0, 0.1) is 11.8 Å². The number of halogens is 2. The summed E-state index contributed by atoms with van der Waals surface area (Å²) in [5, 5.41) is 11.9. The SMILES string of the molecule is O=C(O)C1CNCC(OCC2CCC(F)(F)C2)C1. The molecule has 0 spiro atoms. The quantitative estimate of drug-likeness (QED) is 0.807. The second-order valence-corrected chi connectivity index (χ2v) is 5.35. The van der Waals surface area contributed by atoms with Crippen LogP contribution < -0.4 is 5.32 Å². The lowest BCUT2D eigenvalue weighted by Crippen LogP contribution is -2.44. The van der Waals surface area contributed by atoms with Gasteiger partial charge in [0.25, 0.3) is 0 Å². The van der Waals surface area contributed by atoms with Crippen molar-refractivity contribution in [1.82, 2.24) is 5.32 Å². The summed E-state index contributed by atoms with van der Waals surface area (Å²) in [6.07, 6.45) is 0.632. The fraction of sp³-hybridized carbons (Fsp3) is 0.917. The summed E-state index contributed by atoms with van der Waals surface area (Å²) < 4.78 is 31.5. The van der Waals surface area contributed by atoms with Gasteiger partial charge in [-0.05, 0) is 18.8 Å². The molecule has 104 valence electrons. The summed E-state index contributed by atoms with van der Waals surface area (Å²) in [7, 11) is 0. The molecule has 0 aromatic carbocycles. The zero-order chi connectivity index (χ0) is 13.2. The van der Waals surface area contributed by atoms with Crippen molar-refractivity contribution >= 4 is 5.97 Å². The highest BCUT2D eigenvalue weighted by Crippen LogP contribution is 2.39. The van der Waals surface area contributed by atoms with Crippen LogP contribution in [-0.2, 0) is 9.53 Å². The van der Waals surface area contributed by atoms with Crippen LogP contribution in [0.15, 0.2) is 0 Å². The molecule has 1 saturated heterocycles. The molecule has 1 aliphatic carbocycles. The zero-order valence-electron chi connectivity index (χ0n) is 10.2. The Balaban J connectivity index is 1.72. The van der Waals surface area contributed by atoms with E-state index in [2.05, 4.69) is 5.32 Å². The van der Waals surface area contributed by atoms with E-state index in [0.717, 1.165) is 0 Å². The van der Waals surface area contributed by atoms with Gasteiger partial charge in [0.1, 0.15) is 0 Å². The minimum absolute atomic E-state index is 0.0539. The van der Waals surface area contributed by atoms with Crippen LogP contribution in [-0.4, -0.2) is 42.8 Å². The van der Waals surface area contributed by atoms with Crippen molar-refractivity contribution in [3.05, 3.63) is 0 Å². The Labute approximate surface area is 105 Å². The summed E-state index contributed by atoms with van der Waals surface area (Å²) >= 11 is 0. The fourth-order valence-electron chi connectivity index (χ4n) is 2.67. The normalized spacial score (nSPS) is 35.6. The lowest BCUT2D eigenvalue weighted by molar-refractivity contribution is -0.144. The summed E-state index contributed by atoms with van der Waals surface area (Å²) in [5.41, 5.74) is 0. The summed E-state index contributed by atoms with van der Waals surface area (Å²) in [4.78, 5) is 10.9. The highest BCUT2D eigenvalue weighted by molar-refractivity contribution is 5.70. The Hall–Kier alpha value is -0.750. The van der Waals surface area contributed by atoms with Gasteiger partial charge in [0.15, 0.2) is 0 Å². The number of rotatable bonds is 4. The average molecular weight is 263 g/mol. The standard InChI is InChI=1S/C12H19F2NO3/c13-12(14)2-1-8(4-12)7-18-10-3-9(11(16)17)5-15-6-10/h8-10,15H,1-7H2,(H,16,17). The predicted molar refractivity (Wildman–Crippen MR) is 60.6 cm³/mol. The van der Waals surface area contributed by atoms with Gasteiger partial charge < -0.3 is 15.2 Å². The largest absolute Gasteiger partial charge is 0.481 e. The van der Waals surface area contributed by atoms with E-state index in [4.69, 9.17) is 9.84 Å². The first kappa shape index (κ1) is 13.7. The monoisotopic (exact) mass is 263 g/mol. The third-order valence-corrected chi connectivity index (χ3v) is 3.73. The second-order valence-electron chi connectivity index (χ2n) is 5.35. The number of carboxylic acids is 1. The van der Waals surface area contributed by atoms with Crippen molar-refractivity contribution in [3.8, 4) is 0 Å². The number of carboxylic acid groups (broad SMARTS) is 1. The lowest BCUT2D eigenvalue weighted by atomic mass is 9.97. The molecule has 3 atom stereocenters. The minimum atomic E-state index is -2.54. The van der Waals surface area contributed by atoms with Crippen molar-refractivity contribution < 1.29 is 23.4 Å². The van der Waals surface area contributed by atoms with Crippen molar-refractivity contribution in [1.29, 1.82) is 0 Å². The molecular weight excluding hydrogens is 244 g/mol. The number of nitrogens with one attached hydrogen (secondary N) is 1. The molecule has 0 amide bonds. The van der Waals surface area contributed by atoms with E-state index in [-0.39, 0.29) is 24.9 Å². The molecule has 4 nitrogen and oxygen atoms in total. The van der Waals surface area contributed by atoms with Gasteiger partial charge in [-0.25, -0.2) is 8.78 Å². The molecule has 1 aliphatic heterocycles. The maximum absolute atomic E-state index is 13.0. The number of aliphatic carboxylic acids is 1. The zero-order valence-corrected chi connectivity index (χ0v) is 10.2. The van der Waals surface area contributed by atoms with Gasteiger partial charge in [0.2, 0.25) is 5.92 Å². The number of alkyl halides is 2. The van der Waals surface area contributed by atoms with E-state index in [9.17, 15) is 13.6 Å². The van der Waals surface area contributed by atoms with Crippen LogP contribution in [0.1, 0.15) is 25.7 Å². The minimum Gasteiger partial charge on any atom is -0.481 e. The lowest BCUT2D eigenvalue weighted by Gasteiger charge is -2.28. The Morgan fingerprint density at radius 2 is 2.22 bits per heavy atom. The first-order valence-corrected chi connectivity index (χ1v) is 6.39. The summed E-state index contributed by atoms with van der Waals surface area (Å²) in [5.74, 6) is -3.90. The van der Waals surface area contributed by atoms with Gasteiger partial charge in [-0.1, -0.05) is 0 Å². The van der Waals surface area contributed by atoms with Crippen molar-refractivity contribution in [3.63, 3.8) is 0 Å². The van der Waals surface area contributed by atoms with Crippen molar-refractivity contribution in [2.75, 3.05) is 19.7 Å². The predicted octanol–water partition coefficient (Wildman–Crippen LogP) is 1.50. The molecule has 2 aliphatic rings. The van der Waals surface area contributed by atoms with E-state index in [1.165, 1.54) is 0 Å². The van der Waals surface area contributed by atoms with Crippen LogP contribution in [0.25, 0.3) is 0 Å². The Kier molecular flexibility index (Phi) is 4.17. The van der Waals surface area contributed by atoms with E-state index in [1.807, 2.05) is 0 Å². The van der Waals surface area contributed by atoms with Gasteiger partial charge in [-0.2, -0.15) is 0 Å². The molecule has 0 aromatic heterocycles. The van der Waals surface area contributed by atoms with Gasteiger partial charge in [-0.15, -0.1) is 0 Å². The molecule has 2 N–H and O–H groups in total. The number of carbonyl (C=O) groups is 1. The van der Waals surface area contributed by atoms with Gasteiger partial charge in [0.05, 0.1) is 18.6 Å². The topological polar surface area (TPSA) is 58.6 Å². The van der Waals surface area contributed by atoms with Crippen LogP contribution in [0.3, 0.4) is 0 Å². The van der Waals surface area contributed by atoms with Gasteiger partial charge in [-0.3, -0.25) is 4.79 Å². The molecule has 0 aromatic rings. The molecule has 2 fully saturated rings.